The number of aromatic nitrogens is 4. The minimum atomic E-state index is 0.000211. The molecule has 1 aromatic carbocycles. The third kappa shape index (κ3) is 3.35. The van der Waals surface area contributed by atoms with Crippen molar-refractivity contribution in [2.75, 3.05) is 37.6 Å². The van der Waals surface area contributed by atoms with Crippen LogP contribution in [-0.4, -0.2) is 57.0 Å². The molecule has 1 aliphatic rings. The van der Waals surface area contributed by atoms with Gasteiger partial charge in [0.25, 0.3) is 5.56 Å². The highest BCUT2D eigenvalue weighted by molar-refractivity contribution is 5.81. The van der Waals surface area contributed by atoms with Gasteiger partial charge in [0, 0.05) is 51.7 Å². The Kier molecular flexibility index (Phi) is 4.46. The van der Waals surface area contributed by atoms with E-state index in [1.54, 1.807) is 13.4 Å². The van der Waals surface area contributed by atoms with Gasteiger partial charge in [0.15, 0.2) is 0 Å². The molecule has 1 aliphatic heterocycles. The van der Waals surface area contributed by atoms with Crippen molar-refractivity contribution in [3.8, 4) is 0 Å². The standard InChI is InChI=1S/C19H24N6O/c1-15-12-21-25(13-15)10-7-23-5-8-24(9-6-23)16-3-4-17-18(11-16)20-14-22(2)19(17)26/h3-4,11-14H,5-10H2,1-2H3. The number of aryl methyl sites for hydroxylation is 2. The molecule has 136 valence electrons. The average molecular weight is 352 g/mol. The van der Waals surface area contributed by atoms with Gasteiger partial charge in [-0.15, -0.1) is 0 Å². The van der Waals surface area contributed by atoms with Crippen molar-refractivity contribution >= 4 is 16.6 Å². The van der Waals surface area contributed by atoms with Crippen LogP contribution < -0.4 is 10.5 Å². The number of hydrogen-bond acceptors (Lipinski definition) is 5. The van der Waals surface area contributed by atoms with Gasteiger partial charge in [0.05, 0.1) is 30.0 Å². The summed E-state index contributed by atoms with van der Waals surface area (Å²) in [5.74, 6) is 0. The first-order valence-electron chi connectivity index (χ1n) is 9.02. The third-order valence-corrected chi connectivity index (χ3v) is 5.05. The first-order chi connectivity index (χ1) is 12.6. The second kappa shape index (κ2) is 6.92. The highest BCUT2D eigenvalue weighted by Gasteiger charge is 2.17. The van der Waals surface area contributed by atoms with E-state index in [1.165, 1.54) is 10.1 Å². The fourth-order valence-electron chi connectivity index (χ4n) is 3.46. The van der Waals surface area contributed by atoms with Gasteiger partial charge in [-0.1, -0.05) is 0 Å². The largest absolute Gasteiger partial charge is 0.369 e. The lowest BCUT2D eigenvalue weighted by molar-refractivity contribution is 0.244. The molecule has 0 atom stereocenters. The van der Waals surface area contributed by atoms with E-state index in [0.29, 0.717) is 5.39 Å². The molecule has 0 bridgehead atoms. The van der Waals surface area contributed by atoms with Gasteiger partial charge in [0.2, 0.25) is 0 Å². The van der Waals surface area contributed by atoms with Crippen LogP contribution in [0.25, 0.3) is 10.9 Å². The molecule has 3 heterocycles. The first-order valence-corrected chi connectivity index (χ1v) is 9.02. The van der Waals surface area contributed by atoms with Crippen LogP contribution in [0.1, 0.15) is 5.56 Å². The van der Waals surface area contributed by atoms with Crippen LogP contribution >= 0.6 is 0 Å². The molecule has 0 aliphatic carbocycles. The highest BCUT2D eigenvalue weighted by atomic mass is 16.1. The normalized spacial score (nSPS) is 15.7. The second-order valence-corrected chi connectivity index (χ2v) is 6.97. The van der Waals surface area contributed by atoms with Crippen LogP contribution in [0.15, 0.2) is 41.7 Å². The number of anilines is 1. The van der Waals surface area contributed by atoms with E-state index in [-0.39, 0.29) is 5.56 Å². The van der Waals surface area contributed by atoms with Crippen molar-refractivity contribution in [2.45, 2.75) is 13.5 Å². The van der Waals surface area contributed by atoms with E-state index in [0.717, 1.165) is 50.5 Å². The van der Waals surface area contributed by atoms with E-state index in [9.17, 15) is 4.79 Å². The van der Waals surface area contributed by atoms with Gasteiger partial charge in [-0.2, -0.15) is 5.10 Å². The zero-order valence-electron chi connectivity index (χ0n) is 15.3. The molecule has 1 saturated heterocycles. The molecule has 0 spiro atoms. The second-order valence-electron chi connectivity index (χ2n) is 6.97. The molecular weight excluding hydrogens is 328 g/mol. The number of nitrogens with zero attached hydrogens (tertiary/aromatic N) is 6. The summed E-state index contributed by atoms with van der Waals surface area (Å²) in [5.41, 5.74) is 3.11. The maximum atomic E-state index is 12.1. The molecule has 1 fully saturated rings. The molecule has 0 N–H and O–H groups in total. The van der Waals surface area contributed by atoms with Crippen molar-refractivity contribution in [2.24, 2.45) is 7.05 Å². The Hall–Kier alpha value is -2.67. The molecule has 2 aromatic heterocycles. The smallest absolute Gasteiger partial charge is 0.260 e. The summed E-state index contributed by atoms with van der Waals surface area (Å²) in [6.07, 6.45) is 5.57. The predicted octanol–water partition coefficient (Wildman–Crippen LogP) is 1.26. The topological polar surface area (TPSA) is 59.2 Å². The van der Waals surface area contributed by atoms with Crippen LogP contribution in [0.3, 0.4) is 0 Å². The van der Waals surface area contributed by atoms with Crippen LogP contribution in [-0.2, 0) is 13.6 Å². The molecule has 4 rings (SSSR count). The summed E-state index contributed by atoms with van der Waals surface area (Å²) in [4.78, 5) is 21.4. The van der Waals surface area contributed by atoms with Gasteiger partial charge in [0.1, 0.15) is 0 Å². The molecule has 0 unspecified atom stereocenters. The van der Waals surface area contributed by atoms with Crippen molar-refractivity contribution in [3.63, 3.8) is 0 Å². The number of piperazine rings is 1. The molecule has 0 radical (unpaired) electrons. The maximum Gasteiger partial charge on any atom is 0.260 e. The Labute approximate surface area is 152 Å². The lowest BCUT2D eigenvalue weighted by Gasteiger charge is -2.36. The third-order valence-electron chi connectivity index (χ3n) is 5.05. The highest BCUT2D eigenvalue weighted by Crippen LogP contribution is 2.20. The van der Waals surface area contributed by atoms with Crippen LogP contribution in [0.4, 0.5) is 5.69 Å². The van der Waals surface area contributed by atoms with E-state index in [1.807, 2.05) is 29.1 Å². The van der Waals surface area contributed by atoms with Crippen molar-refractivity contribution < 1.29 is 0 Å². The summed E-state index contributed by atoms with van der Waals surface area (Å²) < 4.78 is 3.53. The molecule has 0 saturated carbocycles. The van der Waals surface area contributed by atoms with Gasteiger partial charge in [-0.3, -0.25) is 14.4 Å². The Bertz CT molecular complexity index is 968. The lowest BCUT2D eigenvalue weighted by Crippen LogP contribution is -2.47. The fraction of sp³-hybridized carbons (Fsp3) is 0.421. The van der Waals surface area contributed by atoms with Crippen LogP contribution in [0, 0.1) is 6.92 Å². The Morgan fingerprint density at radius 1 is 1.12 bits per heavy atom. The Morgan fingerprint density at radius 2 is 1.92 bits per heavy atom. The monoisotopic (exact) mass is 352 g/mol. The van der Waals surface area contributed by atoms with E-state index in [2.05, 4.69) is 33.0 Å². The van der Waals surface area contributed by atoms with Crippen molar-refractivity contribution in [1.82, 2.24) is 24.2 Å². The molecular formula is C19H24N6O. The Balaban J connectivity index is 1.39. The summed E-state index contributed by atoms with van der Waals surface area (Å²) in [6.45, 7) is 8.03. The van der Waals surface area contributed by atoms with E-state index in [4.69, 9.17) is 0 Å². The number of fused-ring (bicyclic) bond motifs is 1. The summed E-state index contributed by atoms with van der Waals surface area (Å²) in [5, 5.41) is 5.02. The van der Waals surface area contributed by atoms with Gasteiger partial charge in [-0.25, -0.2) is 4.98 Å². The van der Waals surface area contributed by atoms with Crippen molar-refractivity contribution in [1.29, 1.82) is 0 Å². The minimum Gasteiger partial charge on any atom is -0.369 e. The number of hydrogen-bond donors (Lipinski definition) is 0. The quantitative estimate of drug-likeness (QED) is 0.708. The zero-order chi connectivity index (χ0) is 18.1. The number of rotatable bonds is 4. The van der Waals surface area contributed by atoms with Gasteiger partial charge >= 0.3 is 0 Å². The fourth-order valence-corrected chi connectivity index (χ4v) is 3.46. The lowest BCUT2D eigenvalue weighted by atomic mass is 10.2. The van der Waals surface area contributed by atoms with E-state index >= 15 is 0 Å². The number of benzene rings is 1. The summed E-state index contributed by atoms with van der Waals surface area (Å²) >= 11 is 0. The summed E-state index contributed by atoms with van der Waals surface area (Å²) in [6, 6.07) is 5.96. The predicted molar refractivity (Wildman–Crippen MR) is 103 cm³/mol. The van der Waals surface area contributed by atoms with Crippen LogP contribution in [0.5, 0.6) is 0 Å². The minimum absolute atomic E-state index is 0.000211. The molecule has 7 nitrogen and oxygen atoms in total. The van der Waals surface area contributed by atoms with Crippen LogP contribution in [0.2, 0.25) is 0 Å². The molecule has 7 heteroatoms. The Morgan fingerprint density at radius 3 is 2.65 bits per heavy atom. The first kappa shape index (κ1) is 16.8. The average Bonchev–Trinajstić information content (AvgIpc) is 3.08. The van der Waals surface area contributed by atoms with E-state index < -0.39 is 0 Å². The zero-order valence-corrected chi connectivity index (χ0v) is 15.3. The molecule has 26 heavy (non-hydrogen) atoms. The SMILES string of the molecule is Cc1cnn(CCN2CCN(c3ccc4c(=O)n(C)cnc4c3)CC2)c1. The summed E-state index contributed by atoms with van der Waals surface area (Å²) in [7, 11) is 1.73. The molecule has 3 aromatic rings. The maximum absolute atomic E-state index is 12.1. The van der Waals surface area contributed by atoms with Crippen molar-refractivity contribution in [3.05, 3.63) is 52.8 Å². The molecule has 0 amide bonds. The van der Waals surface area contributed by atoms with Gasteiger partial charge in [-0.05, 0) is 30.7 Å². The van der Waals surface area contributed by atoms with Gasteiger partial charge < -0.3 is 9.47 Å².